The van der Waals surface area contributed by atoms with Gasteiger partial charge in [-0.1, -0.05) is 32.3 Å². The van der Waals surface area contributed by atoms with E-state index in [0.717, 1.165) is 32.2 Å². The van der Waals surface area contributed by atoms with Gasteiger partial charge >= 0.3 is 0 Å². The molecule has 4 heteroatoms. The third kappa shape index (κ3) is 2.74. The number of hydrogen-bond acceptors (Lipinski definition) is 3. The highest BCUT2D eigenvalue weighted by Crippen LogP contribution is 2.47. The highest BCUT2D eigenvalue weighted by molar-refractivity contribution is 5.79. The normalized spacial score (nSPS) is 32.1. The van der Waals surface area contributed by atoms with Crippen LogP contribution >= 0.6 is 0 Å². The number of phenolic OH excluding ortho intramolecular Hbond substituents is 1. The predicted molar refractivity (Wildman–Crippen MR) is 103 cm³/mol. The number of rotatable bonds is 2. The zero-order valence-corrected chi connectivity index (χ0v) is 16.4. The standard InChI is InChI=1S/C22H32N2O2/c1-22-11-12-23(2)19(13-16-9-10-17(25)14-18(16)22)20(22)24(3)21(26)15-7-5-4-6-8-15/h9-10,14-15,19-20,25H,4-8,11-13H2,1-3H3/t19-,20+,22?/m1/s1. The molecule has 1 N–H and O–H groups in total. The molecule has 1 saturated heterocycles. The maximum absolute atomic E-state index is 13.3. The summed E-state index contributed by atoms with van der Waals surface area (Å²) in [5, 5.41) is 10.1. The van der Waals surface area contributed by atoms with Gasteiger partial charge in [0.25, 0.3) is 0 Å². The monoisotopic (exact) mass is 356 g/mol. The van der Waals surface area contributed by atoms with Gasteiger partial charge in [-0.2, -0.15) is 0 Å². The Morgan fingerprint density at radius 2 is 2.00 bits per heavy atom. The molecule has 1 heterocycles. The van der Waals surface area contributed by atoms with Crippen LogP contribution in [0.5, 0.6) is 5.75 Å². The number of likely N-dealkylation sites (tertiary alicyclic amines) is 1. The molecule has 0 radical (unpaired) electrons. The van der Waals surface area contributed by atoms with Crippen LogP contribution in [0.1, 0.15) is 56.6 Å². The van der Waals surface area contributed by atoms with Gasteiger partial charge in [-0.15, -0.1) is 0 Å². The number of benzene rings is 1. The van der Waals surface area contributed by atoms with Crippen LogP contribution in [0, 0.1) is 5.92 Å². The Bertz CT molecular complexity index is 697. The van der Waals surface area contributed by atoms with Crippen molar-refractivity contribution in [2.45, 2.75) is 69.4 Å². The Kier molecular flexibility index (Phi) is 4.50. The number of aromatic hydroxyl groups is 1. The maximum Gasteiger partial charge on any atom is 0.225 e. The Morgan fingerprint density at radius 3 is 2.73 bits per heavy atom. The van der Waals surface area contributed by atoms with Gasteiger partial charge in [-0.3, -0.25) is 4.79 Å². The Labute approximate surface area is 157 Å². The highest BCUT2D eigenvalue weighted by Gasteiger charge is 2.53. The lowest BCUT2D eigenvalue weighted by Crippen LogP contribution is -2.67. The minimum absolute atomic E-state index is 0.0947. The van der Waals surface area contributed by atoms with Crippen LogP contribution in [0.4, 0.5) is 0 Å². The summed E-state index contributed by atoms with van der Waals surface area (Å²) in [5.41, 5.74) is 2.48. The van der Waals surface area contributed by atoms with Gasteiger partial charge < -0.3 is 14.9 Å². The van der Waals surface area contributed by atoms with E-state index in [1.807, 2.05) is 13.1 Å². The lowest BCUT2D eigenvalue weighted by molar-refractivity contribution is -0.142. The summed E-state index contributed by atoms with van der Waals surface area (Å²) >= 11 is 0. The number of hydrogen-bond donors (Lipinski definition) is 1. The molecule has 1 amide bonds. The topological polar surface area (TPSA) is 43.8 Å². The SMILES string of the molecule is CN1CCC2(C)c3cc(O)ccc3C[C@@H]1[C@@H]2N(C)C(=O)C1CCCCC1. The average molecular weight is 357 g/mol. The van der Waals surface area contributed by atoms with E-state index in [1.54, 1.807) is 6.07 Å². The Morgan fingerprint density at radius 1 is 1.27 bits per heavy atom. The van der Waals surface area contributed by atoms with Gasteiger partial charge in [0.2, 0.25) is 5.91 Å². The fraction of sp³-hybridized carbons (Fsp3) is 0.682. The first-order valence-corrected chi connectivity index (χ1v) is 10.2. The molecular weight excluding hydrogens is 324 g/mol. The Hall–Kier alpha value is -1.55. The first kappa shape index (κ1) is 17.8. The summed E-state index contributed by atoms with van der Waals surface area (Å²) in [4.78, 5) is 17.8. The molecule has 2 bridgehead atoms. The van der Waals surface area contributed by atoms with Gasteiger partial charge in [0.1, 0.15) is 5.75 Å². The van der Waals surface area contributed by atoms with Gasteiger partial charge in [0, 0.05) is 24.4 Å². The first-order chi connectivity index (χ1) is 12.4. The number of piperidine rings is 1. The van der Waals surface area contributed by atoms with Crippen LogP contribution in [0.25, 0.3) is 0 Å². The first-order valence-electron chi connectivity index (χ1n) is 10.2. The Balaban J connectivity index is 1.71. The predicted octanol–water partition coefficient (Wildman–Crippen LogP) is 3.32. The largest absolute Gasteiger partial charge is 0.508 e. The van der Waals surface area contributed by atoms with Crippen molar-refractivity contribution in [2.24, 2.45) is 5.92 Å². The van der Waals surface area contributed by atoms with E-state index in [4.69, 9.17) is 0 Å². The lowest BCUT2D eigenvalue weighted by Gasteiger charge is -2.57. The van der Waals surface area contributed by atoms with Crippen LogP contribution in [-0.4, -0.2) is 53.5 Å². The second-order valence-electron chi connectivity index (χ2n) is 8.99. The second kappa shape index (κ2) is 6.56. The molecule has 4 nitrogen and oxygen atoms in total. The molecule has 1 aromatic rings. The zero-order chi connectivity index (χ0) is 18.5. The fourth-order valence-corrected chi connectivity index (χ4v) is 5.91. The summed E-state index contributed by atoms with van der Waals surface area (Å²) in [6.45, 7) is 3.35. The molecule has 1 unspecified atom stereocenters. The minimum Gasteiger partial charge on any atom is -0.508 e. The van der Waals surface area contributed by atoms with Gasteiger partial charge in [-0.05, 0) is 62.5 Å². The number of carbonyl (C=O) groups excluding carboxylic acids is 1. The molecule has 2 aliphatic carbocycles. The molecule has 2 fully saturated rings. The van der Waals surface area contributed by atoms with Crippen molar-refractivity contribution >= 4 is 5.91 Å². The van der Waals surface area contributed by atoms with E-state index in [1.165, 1.54) is 30.4 Å². The molecule has 1 aromatic carbocycles. The van der Waals surface area contributed by atoms with Crippen LogP contribution < -0.4 is 0 Å². The van der Waals surface area contributed by atoms with Gasteiger partial charge in [0.15, 0.2) is 0 Å². The van der Waals surface area contributed by atoms with Crippen molar-refractivity contribution in [1.82, 2.24) is 9.80 Å². The third-order valence-electron chi connectivity index (χ3n) is 7.42. The quantitative estimate of drug-likeness (QED) is 0.884. The van der Waals surface area contributed by atoms with E-state index in [0.29, 0.717) is 17.7 Å². The smallest absolute Gasteiger partial charge is 0.225 e. The van der Waals surface area contributed by atoms with Crippen molar-refractivity contribution in [3.05, 3.63) is 29.3 Å². The van der Waals surface area contributed by atoms with Crippen LogP contribution in [-0.2, 0) is 16.6 Å². The van der Waals surface area contributed by atoms with Crippen molar-refractivity contribution in [3.63, 3.8) is 0 Å². The summed E-state index contributed by atoms with van der Waals surface area (Å²) in [6.07, 6.45) is 7.71. The molecule has 1 saturated carbocycles. The molecule has 1 aliphatic heterocycles. The molecule has 26 heavy (non-hydrogen) atoms. The van der Waals surface area contributed by atoms with E-state index in [9.17, 15) is 9.90 Å². The van der Waals surface area contributed by atoms with Crippen molar-refractivity contribution < 1.29 is 9.90 Å². The summed E-state index contributed by atoms with van der Waals surface area (Å²) < 4.78 is 0. The molecule has 3 atom stereocenters. The van der Waals surface area contributed by atoms with Crippen LogP contribution in [0.2, 0.25) is 0 Å². The number of amides is 1. The second-order valence-corrected chi connectivity index (χ2v) is 8.99. The van der Waals surface area contributed by atoms with Crippen LogP contribution in [0.15, 0.2) is 18.2 Å². The van der Waals surface area contributed by atoms with Gasteiger partial charge in [0.05, 0.1) is 6.04 Å². The summed E-state index contributed by atoms with van der Waals surface area (Å²) in [5.74, 6) is 0.876. The number of carbonyl (C=O) groups is 1. The summed E-state index contributed by atoms with van der Waals surface area (Å²) in [7, 11) is 4.22. The third-order valence-corrected chi connectivity index (χ3v) is 7.42. The van der Waals surface area contributed by atoms with Crippen molar-refractivity contribution in [2.75, 3.05) is 20.6 Å². The van der Waals surface area contributed by atoms with Crippen LogP contribution in [0.3, 0.4) is 0 Å². The number of likely N-dealkylation sites (N-methyl/N-ethyl adjacent to an activating group) is 2. The van der Waals surface area contributed by atoms with Crippen molar-refractivity contribution in [1.29, 1.82) is 0 Å². The fourth-order valence-electron chi connectivity index (χ4n) is 5.91. The number of phenols is 1. The highest BCUT2D eigenvalue weighted by atomic mass is 16.3. The molecule has 142 valence electrons. The minimum atomic E-state index is -0.0947. The van der Waals surface area contributed by atoms with E-state index >= 15 is 0 Å². The molecule has 4 rings (SSSR count). The summed E-state index contributed by atoms with van der Waals surface area (Å²) in [6, 6.07) is 6.35. The maximum atomic E-state index is 13.3. The molecular formula is C22H32N2O2. The zero-order valence-electron chi connectivity index (χ0n) is 16.4. The molecule has 0 spiro atoms. The molecule has 0 aromatic heterocycles. The van der Waals surface area contributed by atoms with E-state index < -0.39 is 0 Å². The van der Waals surface area contributed by atoms with E-state index in [-0.39, 0.29) is 17.4 Å². The van der Waals surface area contributed by atoms with Gasteiger partial charge in [-0.25, -0.2) is 0 Å². The van der Waals surface area contributed by atoms with E-state index in [2.05, 4.69) is 29.8 Å². The number of nitrogens with zero attached hydrogens (tertiary/aromatic N) is 2. The molecule has 3 aliphatic rings. The lowest BCUT2D eigenvalue weighted by atomic mass is 9.61. The number of fused-ring (bicyclic) bond motifs is 4. The average Bonchev–Trinajstić information content (AvgIpc) is 2.65. The van der Waals surface area contributed by atoms with Crippen molar-refractivity contribution in [3.8, 4) is 5.75 Å².